The fourth-order valence-electron chi connectivity index (χ4n) is 3.49. The van der Waals surface area contributed by atoms with Crippen LogP contribution >= 0.6 is 11.6 Å². The number of halogens is 1. The predicted octanol–water partition coefficient (Wildman–Crippen LogP) is 5.09. The van der Waals surface area contributed by atoms with Crippen molar-refractivity contribution in [1.29, 1.82) is 0 Å². The summed E-state index contributed by atoms with van der Waals surface area (Å²) in [6.45, 7) is 0.674. The van der Waals surface area contributed by atoms with E-state index in [-0.39, 0.29) is 5.91 Å². The lowest BCUT2D eigenvalue weighted by Gasteiger charge is -2.10. The van der Waals surface area contributed by atoms with Gasteiger partial charge in [0.1, 0.15) is 0 Å². The molecule has 0 unspecified atom stereocenters. The fourth-order valence-corrected chi connectivity index (χ4v) is 3.65. The minimum Gasteiger partial charge on any atom is -0.350 e. The van der Waals surface area contributed by atoms with Gasteiger partial charge in [-0.2, -0.15) is 0 Å². The van der Waals surface area contributed by atoms with Gasteiger partial charge in [0.05, 0.1) is 16.4 Å². The molecule has 168 valence electrons. The van der Waals surface area contributed by atoms with Crippen molar-refractivity contribution in [3.05, 3.63) is 78.1 Å². The number of aromatic nitrogens is 3. The number of carbonyl (C=O) groups excluding carboxylic acids is 1. The van der Waals surface area contributed by atoms with Gasteiger partial charge in [-0.05, 0) is 44.4 Å². The standard InChI is InChI=1S/C25H25ClN6O/c1-31(2)14-6-9-24(33)29-22-15-17(10-11-20(22)26)28-25-27-13-12-21(30-25)19-16-32(3)23-8-5-4-7-18(19)23/h4-13,15-16H,14H2,1-3H3,(H,29,33)(H,27,28,30)/b9-6+. The number of likely N-dealkylation sites (N-methyl/N-ethyl adjacent to an activating group) is 1. The van der Waals surface area contributed by atoms with Crippen LogP contribution in [-0.4, -0.2) is 46.0 Å². The van der Waals surface area contributed by atoms with Crippen LogP contribution in [0.4, 0.5) is 17.3 Å². The normalized spacial score (nSPS) is 11.4. The molecule has 2 N–H and O–H groups in total. The first kappa shape index (κ1) is 22.5. The van der Waals surface area contributed by atoms with Crippen molar-refractivity contribution in [2.75, 3.05) is 31.3 Å². The number of anilines is 3. The third-order valence-electron chi connectivity index (χ3n) is 5.05. The van der Waals surface area contributed by atoms with Gasteiger partial charge in [-0.15, -0.1) is 0 Å². The van der Waals surface area contributed by atoms with Gasteiger partial charge in [0.15, 0.2) is 0 Å². The lowest BCUT2D eigenvalue weighted by atomic mass is 10.1. The molecule has 8 heteroatoms. The molecule has 2 aromatic carbocycles. The molecule has 0 aliphatic rings. The van der Waals surface area contributed by atoms with E-state index < -0.39 is 0 Å². The molecule has 0 radical (unpaired) electrons. The summed E-state index contributed by atoms with van der Waals surface area (Å²) in [5, 5.41) is 7.59. The van der Waals surface area contributed by atoms with E-state index in [9.17, 15) is 4.79 Å². The lowest BCUT2D eigenvalue weighted by molar-refractivity contribution is -0.111. The lowest BCUT2D eigenvalue weighted by Crippen LogP contribution is -2.13. The van der Waals surface area contributed by atoms with Gasteiger partial charge in [0.2, 0.25) is 11.9 Å². The van der Waals surface area contributed by atoms with E-state index in [1.54, 1.807) is 24.4 Å². The topological polar surface area (TPSA) is 75.1 Å². The Hall–Kier alpha value is -3.68. The Morgan fingerprint density at radius 1 is 1.18 bits per heavy atom. The largest absolute Gasteiger partial charge is 0.350 e. The van der Waals surface area contributed by atoms with Crippen LogP contribution in [0.3, 0.4) is 0 Å². The monoisotopic (exact) mass is 460 g/mol. The van der Waals surface area contributed by atoms with Crippen molar-refractivity contribution in [1.82, 2.24) is 19.4 Å². The first-order valence-corrected chi connectivity index (χ1v) is 10.8. The number of amides is 1. The van der Waals surface area contributed by atoms with Gasteiger partial charge in [0, 0.05) is 54.2 Å². The second-order valence-corrected chi connectivity index (χ2v) is 8.32. The van der Waals surface area contributed by atoms with Crippen molar-refractivity contribution in [2.45, 2.75) is 0 Å². The van der Waals surface area contributed by atoms with E-state index >= 15 is 0 Å². The van der Waals surface area contributed by atoms with Gasteiger partial charge >= 0.3 is 0 Å². The van der Waals surface area contributed by atoms with E-state index in [0.29, 0.717) is 28.9 Å². The van der Waals surface area contributed by atoms with Gasteiger partial charge in [-0.3, -0.25) is 4.79 Å². The number of para-hydroxylation sites is 1. The zero-order valence-electron chi connectivity index (χ0n) is 18.7. The van der Waals surface area contributed by atoms with E-state index in [1.165, 1.54) is 6.08 Å². The van der Waals surface area contributed by atoms with Crippen LogP contribution in [0.1, 0.15) is 0 Å². The van der Waals surface area contributed by atoms with Crippen LogP contribution in [0, 0.1) is 0 Å². The number of aryl methyl sites for hydroxylation is 1. The second kappa shape index (κ2) is 9.85. The van der Waals surface area contributed by atoms with Crippen LogP contribution in [0.15, 0.2) is 73.1 Å². The molecule has 0 saturated heterocycles. The number of fused-ring (bicyclic) bond motifs is 1. The van der Waals surface area contributed by atoms with Crippen LogP contribution in [0.2, 0.25) is 5.02 Å². The van der Waals surface area contributed by atoms with Gasteiger partial charge < -0.3 is 20.1 Å². The maximum Gasteiger partial charge on any atom is 0.248 e. The maximum absolute atomic E-state index is 12.2. The number of carbonyl (C=O) groups is 1. The number of hydrogen-bond donors (Lipinski definition) is 2. The minimum absolute atomic E-state index is 0.245. The number of rotatable bonds is 7. The number of nitrogens with one attached hydrogen (secondary N) is 2. The molecule has 0 atom stereocenters. The van der Waals surface area contributed by atoms with Crippen LogP contribution in [0.25, 0.3) is 22.2 Å². The average Bonchev–Trinajstić information content (AvgIpc) is 3.13. The molecular weight excluding hydrogens is 436 g/mol. The molecule has 4 aromatic rings. The van der Waals surface area contributed by atoms with E-state index in [0.717, 1.165) is 22.2 Å². The van der Waals surface area contributed by atoms with Crippen LogP contribution in [0.5, 0.6) is 0 Å². The van der Waals surface area contributed by atoms with Gasteiger partial charge in [0.25, 0.3) is 0 Å². The zero-order valence-corrected chi connectivity index (χ0v) is 19.5. The molecule has 1 amide bonds. The molecule has 4 rings (SSSR count). The summed E-state index contributed by atoms with van der Waals surface area (Å²) in [6, 6.07) is 15.4. The van der Waals surface area contributed by atoms with Crippen LogP contribution in [-0.2, 0) is 11.8 Å². The Labute approximate surface area is 197 Å². The molecule has 2 aromatic heterocycles. The van der Waals surface area contributed by atoms with E-state index in [1.807, 2.05) is 50.3 Å². The summed E-state index contributed by atoms with van der Waals surface area (Å²) in [5.41, 5.74) is 4.21. The molecule has 0 fully saturated rings. The zero-order chi connectivity index (χ0) is 23.4. The number of benzene rings is 2. The van der Waals surface area contributed by atoms with E-state index in [2.05, 4.69) is 38.5 Å². The Morgan fingerprint density at radius 3 is 2.82 bits per heavy atom. The highest BCUT2D eigenvalue weighted by molar-refractivity contribution is 6.34. The smallest absolute Gasteiger partial charge is 0.248 e. The Kier molecular flexibility index (Phi) is 6.72. The fraction of sp³-hybridized carbons (Fsp3) is 0.160. The van der Waals surface area contributed by atoms with Crippen molar-refractivity contribution >= 4 is 45.7 Å². The van der Waals surface area contributed by atoms with Crippen molar-refractivity contribution in [3.63, 3.8) is 0 Å². The first-order valence-electron chi connectivity index (χ1n) is 10.5. The minimum atomic E-state index is -0.245. The Morgan fingerprint density at radius 2 is 2.00 bits per heavy atom. The summed E-state index contributed by atoms with van der Waals surface area (Å²) in [5.74, 6) is 0.205. The molecule has 0 aliphatic heterocycles. The van der Waals surface area contributed by atoms with Gasteiger partial charge in [-0.1, -0.05) is 35.9 Å². The summed E-state index contributed by atoms with van der Waals surface area (Å²) >= 11 is 6.28. The first-order chi connectivity index (χ1) is 15.9. The molecule has 0 saturated carbocycles. The summed E-state index contributed by atoms with van der Waals surface area (Å²) in [6.07, 6.45) is 7.07. The highest BCUT2D eigenvalue weighted by Gasteiger charge is 2.11. The highest BCUT2D eigenvalue weighted by Crippen LogP contribution is 2.30. The second-order valence-electron chi connectivity index (χ2n) is 7.91. The van der Waals surface area contributed by atoms with E-state index in [4.69, 9.17) is 16.6 Å². The SMILES string of the molecule is CN(C)C/C=C/C(=O)Nc1cc(Nc2nccc(-c3cn(C)c4ccccc34)n2)ccc1Cl. The Balaban J connectivity index is 1.54. The molecule has 0 spiro atoms. The molecule has 0 aliphatic carbocycles. The molecule has 33 heavy (non-hydrogen) atoms. The summed E-state index contributed by atoms with van der Waals surface area (Å²) in [4.78, 5) is 23.2. The van der Waals surface area contributed by atoms with Crippen molar-refractivity contribution < 1.29 is 4.79 Å². The van der Waals surface area contributed by atoms with Crippen molar-refractivity contribution in [3.8, 4) is 11.3 Å². The third kappa shape index (κ3) is 5.39. The van der Waals surface area contributed by atoms with Gasteiger partial charge in [-0.25, -0.2) is 9.97 Å². The quantitative estimate of drug-likeness (QED) is 0.376. The molecular formula is C25H25ClN6O. The number of hydrogen-bond acceptors (Lipinski definition) is 5. The summed E-state index contributed by atoms with van der Waals surface area (Å²) in [7, 11) is 5.89. The average molecular weight is 461 g/mol. The van der Waals surface area contributed by atoms with Crippen molar-refractivity contribution in [2.24, 2.45) is 7.05 Å². The predicted molar refractivity (Wildman–Crippen MR) is 135 cm³/mol. The third-order valence-corrected chi connectivity index (χ3v) is 5.38. The molecule has 7 nitrogen and oxygen atoms in total. The van der Waals surface area contributed by atoms with Crippen LogP contribution < -0.4 is 10.6 Å². The number of nitrogens with zero attached hydrogens (tertiary/aromatic N) is 4. The maximum atomic E-state index is 12.2. The Bertz CT molecular complexity index is 1330. The highest BCUT2D eigenvalue weighted by atomic mass is 35.5. The summed E-state index contributed by atoms with van der Waals surface area (Å²) < 4.78 is 2.08. The molecule has 2 heterocycles. The molecule has 0 bridgehead atoms.